The minimum Gasteiger partial charge on any atom is -0.490 e. The van der Waals surface area contributed by atoms with Crippen molar-refractivity contribution < 1.29 is 4.74 Å². The Hall–Kier alpha value is -2.17. The summed E-state index contributed by atoms with van der Waals surface area (Å²) in [6.45, 7) is 1.63. The molecule has 88 valence electrons. The number of hydrogen-bond acceptors (Lipinski definition) is 4. The second-order valence-electron chi connectivity index (χ2n) is 4.15. The molecule has 0 radical (unpaired) electrons. The third-order valence-electron chi connectivity index (χ3n) is 3.01. The molecule has 0 bridgehead atoms. The van der Waals surface area contributed by atoms with Gasteiger partial charge >= 0.3 is 0 Å². The monoisotopic (exact) mass is 230 g/mol. The van der Waals surface area contributed by atoms with E-state index in [0.717, 1.165) is 35.8 Å². The molecule has 0 spiro atoms. The van der Waals surface area contributed by atoms with Gasteiger partial charge in [-0.25, -0.2) is 0 Å². The highest BCUT2D eigenvalue weighted by molar-refractivity contribution is 5.77. The molecule has 1 aliphatic heterocycles. The van der Waals surface area contributed by atoms with E-state index >= 15 is 0 Å². The maximum atomic E-state index is 5.84. The summed E-state index contributed by atoms with van der Waals surface area (Å²) in [6.07, 6.45) is 1.62. The lowest BCUT2D eigenvalue weighted by molar-refractivity contribution is 0.311. The predicted octanol–water partition coefficient (Wildman–Crippen LogP) is 1.49. The third-order valence-corrected chi connectivity index (χ3v) is 3.01. The van der Waals surface area contributed by atoms with Gasteiger partial charge in [0, 0.05) is 12.6 Å². The van der Waals surface area contributed by atoms with Gasteiger partial charge in [0.15, 0.2) is 0 Å². The number of rotatable bonds is 1. The Bertz CT molecular complexity index is 549. The highest BCUT2D eigenvalue weighted by Gasteiger charge is 2.16. The Labute approximate surface area is 99.2 Å². The van der Waals surface area contributed by atoms with E-state index < -0.39 is 0 Å². The molecule has 1 aromatic heterocycles. The van der Waals surface area contributed by atoms with Crippen molar-refractivity contribution in [3.63, 3.8) is 0 Å². The standard InChI is InChI=1S/C12H14N4O/c1-16-4-5-17-11-3-2-8(6-10(11)16)12-9(13)7-14-15-12/h2-3,6-7H,4-5,13H2,1H3,(H,14,15). The molecule has 0 fully saturated rings. The van der Waals surface area contributed by atoms with E-state index in [0.29, 0.717) is 5.69 Å². The highest BCUT2D eigenvalue weighted by atomic mass is 16.5. The summed E-state index contributed by atoms with van der Waals surface area (Å²) in [5.74, 6) is 0.917. The van der Waals surface area contributed by atoms with Crippen LogP contribution in [0.2, 0.25) is 0 Å². The number of hydrogen-bond donors (Lipinski definition) is 2. The van der Waals surface area contributed by atoms with E-state index in [1.54, 1.807) is 6.20 Å². The summed E-state index contributed by atoms with van der Waals surface area (Å²) in [6, 6.07) is 6.03. The van der Waals surface area contributed by atoms with E-state index in [-0.39, 0.29) is 0 Å². The molecule has 5 heteroatoms. The van der Waals surface area contributed by atoms with Crippen LogP contribution in [0.5, 0.6) is 5.75 Å². The van der Waals surface area contributed by atoms with E-state index in [1.165, 1.54) is 0 Å². The molecule has 1 aromatic carbocycles. The number of nitrogens with one attached hydrogen (secondary N) is 1. The van der Waals surface area contributed by atoms with Gasteiger partial charge in [-0.1, -0.05) is 0 Å². The smallest absolute Gasteiger partial charge is 0.142 e. The Morgan fingerprint density at radius 3 is 3.12 bits per heavy atom. The maximum Gasteiger partial charge on any atom is 0.142 e. The number of ether oxygens (including phenoxy) is 1. The van der Waals surface area contributed by atoms with Gasteiger partial charge in [0.05, 0.1) is 29.8 Å². The normalized spacial score (nSPS) is 14.3. The fourth-order valence-electron chi connectivity index (χ4n) is 2.03. The van der Waals surface area contributed by atoms with Crippen LogP contribution < -0.4 is 15.4 Å². The van der Waals surface area contributed by atoms with Crippen LogP contribution in [0, 0.1) is 0 Å². The first kappa shape index (κ1) is 10.0. The first-order valence-electron chi connectivity index (χ1n) is 5.53. The number of aromatic nitrogens is 2. The highest BCUT2D eigenvalue weighted by Crippen LogP contribution is 2.35. The molecule has 0 saturated heterocycles. The van der Waals surface area contributed by atoms with Gasteiger partial charge in [-0.2, -0.15) is 5.10 Å². The summed E-state index contributed by atoms with van der Waals surface area (Å²) in [5, 5.41) is 6.84. The number of nitrogens with zero attached hydrogens (tertiary/aromatic N) is 2. The van der Waals surface area contributed by atoms with Crippen molar-refractivity contribution in [2.75, 3.05) is 30.8 Å². The second-order valence-corrected chi connectivity index (χ2v) is 4.15. The quantitative estimate of drug-likeness (QED) is 0.778. The molecular weight excluding hydrogens is 216 g/mol. The Kier molecular flexibility index (Phi) is 2.18. The number of H-pyrrole nitrogens is 1. The van der Waals surface area contributed by atoms with Crippen molar-refractivity contribution in [3.8, 4) is 17.0 Å². The number of benzene rings is 1. The molecule has 0 amide bonds. The van der Waals surface area contributed by atoms with E-state index in [1.807, 2.05) is 12.1 Å². The number of likely N-dealkylation sites (N-methyl/N-ethyl adjacent to an activating group) is 1. The second kappa shape index (κ2) is 3.69. The van der Waals surface area contributed by atoms with Gasteiger partial charge in [0.2, 0.25) is 0 Å². The average Bonchev–Trinajstić information content (AvgIpc) is 2.76. The number of nitrogen functional groups attached to an aromatic ring is 1. The predicted molar refractivity (Wildman–Crippen MR) is 67.2 cm³/mol. The van der Waals surface area contributed by atoms with Crippen LogP contribution >= 0.6 is 0 Å². The first-order chi connectivity index (χ1) is 8.25. The molecule has 2 aromatic rings. The fraction of sp³-hybridized carbons (Fsp3) is 0.250. The first-order valence-corrected chi connectivity index (χ1v) is 5.53. The molecule has 17 heavy (non-hydrogen) atoms. The molecular formula is C12H14N4O. The van der Waals surface area contributed by atoms with Gasteiger partial charge < -0.3 is 15.4 Å². The zero-order valence-electron chi connectivity index (χ0n) is 9.60. The molecule has 0 atom stereocenters. The lowest BCUT2D eigenvalue weighted by Crippen LogP contribution is -2.28. The van der Waals surface area contributed by atoms with Crippen molar-refractivity contribution in [2.24, 2.45) is 0 Å². The summed E-state index contributed by atoms with van der Waals surface area (Å²) in [7, 11) is 2.06. The topological polar surface area (TPSA) is 67.2 Å². The van der Waals surface area contributed by atoms with Crippen LogP contribution in [-0.2, 0) is 0 Å². The van der Waals surface area contributed by atoms with Gasteiger partial charge in [-0.15, -0.1) is 0 Å². The van der Waals surface area contributed by atoms with E-state index in [4.69, 9.17) is 10.5 Å². The Morgan fingerprint density at radius 1 is 1.47 bits per heavy atom. The molecule has 1 aliphatic rings. The number of fused-ring (bicyclic) bond motifs is 1. The molecule has 0 unspecified atom stereocenters. The van der Waals surface area contributed by atoms with E-state index in [2.05, 4.69) is 28.2 Å². The summed E-state index contributed by atoms with van der Waals surface area (Å²) < 4.78 is 5.60. The summed E-state index contributed by atoms with van der Waals surface area (Å²) >= 11 is 0. The van der Waals surface area contributed by atoms with Crippen molar-refractivity contribution >= 4 is 11.4 Å². The molecule has 3 N–H and O–H groups in total. The zero-order chi connectivity index (χ0) is 11.8. The largest absolute Gasteiger partial charge is 0.490 e. The number of anilines is 2. The molecule has 5 nitrogen and oxygen atoms in total. The molecule has 0 saturated carbocycles. The van der Waals surface area contributed by atoms with Crippen molar-refractivity contribution in [1.29, 1.82) is 0 Å². The summed E-state index contributed by atoms with van der Waals surface area (Å²) in [4.78, 5) is 2.18. The van der Waals surface area contributed by atoms with Crippen LogP contribution in [-0.4, -0.2) is 30.4 Å². The van der Waals surface area contributed by atoms with Crippen LogP contribution in [0.1, 0.15) is 0 Å². The Balaban J connectivity index is 2.09. The number of aromatic amines is 1. The lowest BCUT2D eigenvalue weighted by atomic mass is 10.1. The van der Waals surface area contributed by atoms with E-state index in [9.17, 15) is 0 Å². The van der Waals surface area contributed by atoms with Crippen LogP contribution in [0.25, 0.3) is 11.3 Å². The summed E-state index contributed by atoms with van der Waals surface area (Å²) in [5.41, 5.74) is 9.47. The van der Waals surface area contributed by atoms with Crippen LogP contribution in [0.3, 0.4) is 0 Å². The molecule has 2 heterocycles. The van der Waals surface area contributed by atoms with Crippen molar-refractivity contribution in [2.45, 2.75) is 0 Å². The van der Waals surface area contributed by atoms with Gasteiger partial charge in [0.1, 0.15) is 12.4 Å². The maximum absolute atomic E-state index is 5.84. The zero-order valence-corrected chi connectivity index (χ0v) is 9.60. The minimum atomic E-state index is 0.657. The molecule has 3 rings (SSSR count). The van der Waals surface area contributed by atoms with Gasteiger partial charge in [-0.3, -0.25) is 5.10 Å². The fourth-order valence-corrected chi connectivity index (χ4v) is 2.03. The SMILES string of the molecule is CN1CCOc2ccc(-c3[nH]ncc3N)cc21. The average molecular weight is 230 g/mol. The van der Waals surface area contributed by atoms with Crippen LogP contribution in [0.4, 0.5) is 11.4 Å². The molecule has 0 aliphatic carbocycles. The minimum absolute atomic E-state index is 0.657. The van der Waals surface area contributed by atoms with Crippen LogP contribution in [0.15, 0.2) is 24.4 Å². The Morgan fingerprint density at radius 2 is 2.35 bits per heavy atom. The lowest BCUT2D eigenvalue weighted by Gasteiger charge is -2.28. The van der Waals surface area contributed by atoms with Gasteiger partial charge in [-0.05, 0) is 18.2 Å². The third kappa shape index (κ3) is 1.60. The van der Waals surface area contributed by atoms with Gasteiger partial charge in [0.25, 0.3) is 0 Å². The van der Waals surface area contributed by atoms with Crippen molar-refractivity contribution in [3.05, 3.63) is 24.4 Å². The number of nitrogens with two attached hydrogens (primary N) is 1. The van der Waals surface area contributed by atoms with Crippen molar-refractivity contribution in [1.82, 2.24) is 10.2 Å².